The number of hydrogen-bond acceptors (Lipinski definition) is 10. The number of carbonyl (C=O) groups is 6. The van der Waals surface area contributed by atoms with Crippen molar-refractivity contribution in [3.8, 4) is 0 Å². The number of methoxy groups -OCH3 is 2. The lowest BCUT2D eigenvalue weighted by atomic mass is 10.0. The van der Waals surface area contributed by atoms with Gasteiger partial charge in [0, 0.05) is 24.5 Å². The Morgan fingerprint density at radius 3 is 1.27 bits per heavy atom. The van der Waals surface area contributed by atoms with Gasteiger partial charge in [0.1, 0.15) is 24.2 Å². The number of azo groups is 1. The summed E-state index contributed by atoms with van der Waals surface area (Å²) in [6, 6.07) is 10.5. The first-order chi connectivity index (χ1) is 24.8. The molecule has 4 rings (SSSR count). The van der Waals surface area contributed by atoms with Gasteiger partial charge in [0.25, 0.3) is 0 Å². The van der Waals surface area contributed by atoms with Crippen molar-refractivity contribution >= 4 is 58.6 Å². The molecule has 16 heteroatoms. The van der Waals surface area contributed by atoms with Crippen LogP contribution in [0, 0.1) is 11.8 Å². The van der Waals surface area contributed by atoms with Crippen molar-refractivity contribution in [3.05, 3.63) is 48.5 Å². The Hall–Kier alpha value is -5.54. The number of ether oxygens (including phenoxy) is 2. The third-order valence-corrected chi connectivity index (χ3v) is 9.01. The van der Waals surface area contributed by atoms with Gasteiger partial charge in [0.2, 0.25) is 23.6 Å². The molecule has 0 radical (unpaired) electrons. The van der Waals surface area contributed by atoms with Crippen LogP contribution < -0.4 is 21.3 Å². The van der Waals surface area contributed by atoms with Crippen molar-refractivity contribution in [2.45, 2.75) is 77.5 Å². The molecule has 2 aromatic rings. The Morgan fingerprint density at radius 1 is 0.615 bits per heavy atom. The first kappa shape index (κ1) is 39.2. The van der Waals surface area contributed by atoms with Crippen molar-refractivity contribution in [1.29, 1.82) is 0 Å². The maximum absolute atomic E-state index is 13.3. The van der Waals surface area contributed by atoms with Gasteiger partial charge in [0.15, 0.2) is 0 Å². The zero-order valence-corrected chi connectivity index (χ0v) is 30.4. The fourth-order valence-corrected chi connectivity index (χ4v) is 6.15. The lowest BCUT2D eigenvalue weighted by Gasteiger charge is -2.30. The number of rotatable bonds is 12. The summed E-state index contributed by atoms with van der Waals surface area (Å²) in [5.74, 6) is -1.71. The average Bonchev–Trinajstić information content (AvgIpc) is 3.83. The SMILES string of the molecule is COC(=O)N[C@H](C(=O)N1CCC[C@H]1C(=O)Nc1ccc(N=Nc2ccc(NC(=O)[C@@H]3CCCN3C(=O)[C@@H](NC(=O)OC)C(C)C)cc2)cc1)C(C)C. The first-order valence-corrected chi connectivity index (χ1v) is 17.4. The third-order valence-electron chi connectivity index (χ3n) is 9.01. The van der Waals surface area contributed by atoms with E-state index in [-0.39, 0.29) is 35.5 Å². The lowest BCUT2D eigenvalue weighted by Crippen LogP contribution is -2.54. The van der Waals surface area contributed by atoms with Crippen LogP contribution in [-0.2, 0) is 28.7 Å². The number of amides is 6. The van der Waals surface area contributed by atoms with Crippen LogP contribution in [0.4, 0.5) is 32.3 Å². The van der Waals surface area contributed by atoms with Crippen molar-refractivity contribution in [1.82, 2.24) is 20.4 Å². The number of alkyl carbamates (subject to hydrolysis) is 2. The Morgan fingerprint density at radius 2 is 0.962 bits per heavy atom. The van der Waals surface area contributed by atoms with E-state index in [2.05, 4.69) is 41.0 Å². The summed E-state index contributed by atoms with van der Waals surface area (Å²) in [5.41, 5.74) is 2.13. The molecule has 2 fully saturated rings. The van der Waals surface area contributed by atoms with Crippen LogP contribution in [0.15, 0.2) is 58.8 Å². The number of carbonyl (C=O) groups excluding carboxylic acids is 6. The predicted octanol–water partition coefficient (Wildman–Crippen LogP) is 4.72. The highest BCUT2D eigenvalue weighted by Gasteiger charge is 2.40. The molecule has 2 aromatic carbocycles. The molecule has 0 spiro atoms. The number of benzene rings is 2. The number of likely N-dealkylation sites (tertiary alicyclic amines) is 2. The quantitative estimate of drug-likeness (QED) is 0.226. The van der Waals surface area contributed by atoms with E-state index >= 15 is 0 Å². The summed E-state index contributed by atoms with van der Waals surface area (Å²) < 4.78 is 9.33. The Balaban J connectivity index is 1.31. The minimum atomic E-state index is -0.817. The molecule has 52 heavy (non-hydrogen) atoms. The van der Waals surface area contributed by atoms with Gasteiger partial charge in [-0.2, -0.15) is 10.2 Å². The smallest absolute Gasteiger partial charge is 0.407 e. The molecule has 0 saturated carbocycles. The minimum Gasteiger partial charge on any atom is -0.453 e. The van der Waals surface area contributed by atoms with E-state index in [0.29, 0.717) is 61.5 Å². The molecule has 0 aromatic heterocycles. The van der Waals surface area contributed by atoms with Crippen LogP contribution in [0.3, 0.4) is 0 Å². The van der Waals surface area contributed by atoms with Crippen LogP contribution in [0.25, 0.3) is 0 Å². The molecular formula is C36H48N8O8. The summed E-state index contributed by atoms with van der Waals surface area (Å²) in [6.45, 7) is 8.07. The molecule has 0 bridgehead atoms. The second kappa shape index (κ2) is 18.1. The van der Waals surface area contributed by atoms with Gasteiger partial charge < -0.3 is 40.5 Å². The fraction of sp³-hybridized carbons (Fsp3) is 0.500. The fourth-order valence-electron chi connectivity index (χ4n) is 6.15. The largest absolute Gasteiger partial charge is 0.453 e. The van der Waals surface area contributed by atoms with E-state index in [9.17, 15) is 28.8 Å². The van der Waals surface area contributed by atoms with Gasteiger partial charge in [-0.1, -0.05) is 27.7 Å². The van der Waals surface area contributed by atoms with E-state index < -0.39 is 36.4 Å². The van der Waals surface area contributed by atoms with E-state index in [1.54, 1.807) is 48.5 Å². The summed E-state index contributed by atoms with van der Waals surface area (Å²) in [7, 11) is 2.46. The summed E-state index contributed by atoms with van der Waals surface area (Å²) in [6.07, 6.45) is 0.917. The van der Waals surface area contributed by atoms with Gasteiger partial charge in [-0.15, -0.1) is 0 Å². The molecule has 2 aliphatic heterocycles. The first-order valence-electron chi connectivity index (χ1n) is 17.4. The van der Waals surface area contributed by atoms with Crippen molar-refractivity contribution in [2.75, 3.05) is 37.9 Å². The van der Waals surface area contributed by atoms with E-state index in [1.807, 2.05) is 27.7 Å². The second-order valence-electron chi connectivity index (χ2n) is 13.4. The monoisotopic (exact) mass is 720 g/mol. The maximum atomic E-state index is 13.3. The lowest BCUT2D eigenvalue weighted by molar-refractivity contribution is -0.139. The van der Waals surface area contributed by atoms with E-state index in [0.717, 1.165) is 0 Å². The molecule has 0 unspecified atom stereocenters. The highest BCUT2D eigenvalue weighted by molar-refractivity contribution is 5.99. The highest BCUT2D eigenvalue weighted by Crippen LogP contribution is 2.26. The van der Waals surface area contributed by atoms with E-state index in [4.69, 9.17) is 0 Å². The predicted molar refractivity (Wildman–Crippen MR) is 192 cm³/mol. The average molecular weight is 721 g/mol. The van der Waals surface area contributed by atoms with Crippen molar-refractivity contribution in [3.63, 3.8) is 0 Å². The number of anilines is 2. The molecule has 2 saturated heterocycles. The van der Waals surface area contributed by atoms with Crippen LogP contribution in [-0.4, -0.2) is 97.1 Å². The Kier molecular flexibility index (Phi) is 13.7. The summed E-state index contributed by atoms with van der Waals surface area (Å²) in [5, 5.41) is 19.4. The van der Waals surface area contributed by atoms with E-state index in [1.165, 1.54) is 24.0 Å². The molecule has 6 amide bonds. The number of nitrogens with one attached hydrogen (secondary N) is 4. The normalized spacial score (nSPS) is 18.2. The third kappa shape index (κ3) is 10.0. The molecule has 16 nitrogen and oxygen atoms in total. The van der Waals surface area contributed by atoms with Gasteiger partial charge in [-0.3, -0.25) is 19.2 Å². The molecule has 0 aliphatic carbocycles. The topological polar surface area (TPSA) is 200 Å². The minimum absolute atomic E-state index is 0.203. The summed E-state index contributed by atoms with van der Waals surface area (Å²) in [4.78, 5) is 79.5. The van der Waals surface area contributed by atoms with Crippen molar-refractivity contribution < 1.29 is 38.2 Å². The molecule has 2 aliphatic rings. The Bertz CT molecular complexity index is 1510. The van der Waals surface area contributed by atoms with Crippen LogP contribution >= 0.6 is 0 Å². The molecule has 280 valence electrons. The van der Waals surface area contributed by atoms with Gasteiger partial charge in [0.05, 0.1) is 25.6 Å². The standard InChI is InChI=1S/C36H48N8O8/c1-21(2)29(39-35(49)51-5)33(47)43-19-7-9-27(43)31(45)37-23-11-15-25(16-12-23)41-42-26-17-13-24(14-18-26)38-32(46)28-10-8-20-44(28)34(48)30(22(3)4)40-36(50)52-6/h11-18,21-22,27-30H,7-10,19-20H2,1-6H3,(H,37,45)(H,38,46)(H,39,49)(H,40,50)/t27-,28-,29-,30-/m0/s1. The number of nitrogens with zero attached hydrogens (tertiary/aromatic N) is 4. The molecule has 4 N–H and O–H groups in total. The molecule has 2 heterocycles. The highest BCUT2D eigenvalue weighted by atomic mass is 16.5. The Labute approximate surface area is 303 Å². The van der Waals surface area contributed by atoms with Gasteiger partial charge >= 0.3 is 12.2 Å². The van der Waals surface area contributed by atoms with Gasteiger partial charge in [-0.25, -0.2) is 9.59 Å². The van der Waals surface area contributed by atoms with Crippen LogP contribution in [0.1, 0.15) is 53.4 Å². The maximum Gasteiger partial charge on any atom is 0.407 e. The molecule has 4 atom stereocenters. The zero-order chi connectivity index (χ0) is 37.9. The second-order valence-corrected chi connectivity index (χ2v) is 13.4. The zero-order valence-electron chi connectivity index (χ0n) is 30.4. The van der Waals surface area contributed by atoms with Crippen LogP contribution in [0.5, 0.6) is 0 Å². The summed E-state index contributed by atoms with van der Waals surface area (Å²) >= 11 is 0. The van der Waals surface area contributed by atoms with Gasteiger partial charge in [-0.05, 0) is 86.1 Å². The number of hydrogen-bond donors (Lipinski definition) is 4. The molecular weight excluding hydrogens is 672 g/mol. The van der Waals surface area contributed by atoms with Crippen molar-refractivity contribution in [2.24, 2.45) is 22.1 Å². The van der Waals surface area contributed by atoms with Crippen LogP contribution in [0.2, 0.25) is 0 Å².